The Morgan fingerprint density at radius 2 is 2.03 bits per heavy atom. The zero-order valence-electron chi connectivity index (χ0n) is 19.0. The van der Waals surface area contributed by atoms with Gasteiger partial charge in [0.15, 0.2) is 6.10 Å². The lowest BCUT2D eigenvalue weighted by molar-refractivity contribution is -0.122. The Morgan fingerprint density at radius 3 is 2.78 bits per heavy atom. The Hall–Kier alpha value is -3.17. The summed E-state index contributed by atoms with van der Waals surface area (Å²) in [5, 5.41) is 16.9. The first-order valence-electron chi connectivity index (χ1n) is 11.2. The number of fused-ring (bicyclic) bond motifs is 1. The number of hydrogen-bond acceptors (Lipinski definition) is 5. The number of carbonyl (C=O) groups excluding carboxylic acids is 1. The topological polar surface area (TPSA) is 73.8 Å². The summed E-state index contributed by atoms with van der Waals surface area (Å²) in [6.07, 6.45) is 3.83. The number of rotatable bonds is 4. The van der Waals surface area contributed by atoms with Gasteiger partial charge in [-0.2, -0.15) is 0 Å². The molecule has 6 nitrogen and oxygen atoms in total. The molecule has 0 spiro atoms. The first kappa shape index (κ1) is 22.0. The minimum absolute atomic E-state index is 0.217. The largest absolute Gasteiger partial charge is 0.508 e. The smallest absolute Gasteiger partial charge is 0.267 e. The zero-order chi connectivity index (χ0) is 22.7. The maximum Gasteiger partial charge on any atom is 0.267 e. The fraction of sp³-hybridized carbons (Fsp3) is 0.423. The molecule has 2 aromatic rings. The average Bonchev–Trinajstić information content (AvgIpc) is 3.29. The number of phenolic OH excluding ortho intramolecular Hbond substituents is 1. The zero-order valence-corrected chi connectivity index (χ0v) is 19.0. The van der Waals surface area contributed by atoms with Gasteiger partial charge in [-0.3, -0.25) is 9.69 Å². The van der Waals surface area contributed by atoms with E-state index >= 15 is 0 Å². The van der Waals surface area contributed by atoms with Gasteiger partial charge < -0.3 is 20.5 Å². The number of anilines is 2. The normalized spacial score (nSPS) is 17.7. The van der Waals surface area contributed by atoms with Crippen LogP contribution in [0.3, 0.4) is 0 Å². The van der Waals surface area contributed by atoms with Crippen molar-refractivity contribution in [2.45, 2.75) is 44.6 Å². The summed E-state index contributed by atoms with van der Waals surface area (Å²) in [4.78, 5) is 15.0. The number of aromatic hydroxyl groups is 1. The number of nitrogens with zero attached hydrogens (tertiary/aromatic N) is 1. The Kier molecular flexibility index (Phi) is 6.57. The van der Waals surface area contributed by atoms with Crippen LogP contribution in [0.5, 0.6) is 11.5 Å². The number of amides is 1. The van der Waals surface area contributed by atoms with Crippen LogP contribution in [-0.4, -0.2) is 49.2 Å². The summed E-state index contributed by atoms with van der Waals surface area (Å²) < 4.78 is 5.93. The van der Waals surface area contributed by atoms with Crippen LogP contribution in [-0.2, 0) is 4.79 Å². The molecular weight excluding hydrogens is 402 g/mol. The fourth-order valence-corrected chi connectivity index (χ4v) is 4.31. The second-order valence-corrected chi connectivity index (χ2v) is 8.95. The molecule has 2 aromatic carbocycles. The van der Waals surface area contributed by atoms with Crippen molar-refractivity contribution in [3.63, 3.8) is 0 Å². The average molecular weight is 434 g/mol. The maximum absolute atomic E-state index is 13.0. The standard InChI is InChI=1S/C26H31N3O3/c1-17-10-11-24-22(13-17)27-16-25(32-24)26(31)28-21-15-23(30)20(18-7-4-5-8-18)14-19(21)9-6-12-29(2)3/h10-11,13-15,18,25,27,30H,4-5,7-8,12,16H2,1-3H3,(H,28,31). The quantitative estimate of drug-likeness (QED) is 0.634. The van der Waals surface area contributed by atoms with E-state index in [1.807, 2.05) is 50.2 Å². The van der Waals surface area contributed by atoms with Crippen molar-refractivity contribution in [2.75, 3.05) is 37.8 Å². The molecule has 168 valence electrons. The molecule has 1 atom stereocenters. The number of nitrogens with one attached hydrogen (secondary N) is 2. The van der Waals surface area contributed by atoms with E-state index in [0.29, 0.717) is 30.4 Å². The van der Waals surface area contributed by atoms with E-state index in [0.717, 1.165) is 35.2 Å². The van der Waals surface area contributed by atoms with Gasteiger partial charge in [0, 0.05) is 11.6 Å². The van der Waals surface area contributed by atoms with Gasteiger partial charge >= 0.3 is 0 Å². The number of carbonyl (C=O) groups is 1. The van der Waals surface area contributed by atoms with Crippen molar-refractivity contribution in [2.24, 2.45) is 0 Å². The second-order valence-electron chi connectivity index (χ2n) is 8.95. The highest BCUT2D eigenvalue weighted by atomic mass is 16.5. The van der Waals surface area contributed by atoms with Gasteiger partial charge in [0.1, 0.15) is 11.5 Å². The molecule has 1 heterocycles. The Bertz CT molecular complexity index is 1060. The third-order valence-corrected chi connectivity index (χ3v) is 6.01. The number of ether oxygens (including phenoxy) is 1. The van der Waals surface area contributed by atoms with Gasteiger partial charge in [-0.15, -0.1) is 0 Å². The Morgan fingerprint density at radius 1 is 1.25 bits per heavy atom. The van der Waals surface area contributed by atoms with Gasteiger partial charge in [0.05, 0.1) is 24.5 Å². The van der Waals surface area contributed by atoms with Gasteiger partial charge in [0.2, 0.25) is 0 Å². The predicted molar refractivity (Wildman–Crippen MR) is 127 cm³/mol. The molecular formula is C26H31N3O3. The first-order chi connectivity index (χ1) is 15.4. The molecule has 1 aliphatic heterocycles. The molecule has 0 saturated heterocycles. The second kappa shape index (κ2) is 9.54. The molecule has 0 bridgehead atoms. The van der Waals surface area contributed by atoms with Crippen molar-refractivity contribution >= 4 is 17.3 Å². The van der Waals surface area contributed by atoms with E-state index in [4.69, 9.17) is 4.74 Å². The highest BCUT2D eigenvalue weighted by Crippen LogP contribution is 2.40. The van der Waals surface area contributed by atoms with E-state index in [9.17, 15) is 9.90 Å². The van der Waals surface area contributed by atoms with Crippen LogP contribution in [0.2, 0.25) is 0 Å². The molecule has 0 radical (unpaired) electrons. The van der Waals surface area contributed by atoms with Crippen molar-refractivity contribution in [3.8, 4) is 23.3 Å². The molecule has 0 aromatic heterocycles. The molecule has 1 saturated carbocycles. The van der Waals surface area contributed by atoms with Crippen molar-refractivity contribution < 1.29 is 14.6 Å². The molecule has 32 heavy (non-hydrogen) atoms. The highest BCUT2D eigenvalue weighted by molar-refractivity contribution is 5.96. The molecule has 4 rings (SSSR count). The summed E-state index contributed by atoms with van der Waals surface area (Å²) in [5.74, 6) is 7.29. The minimum atomic E-state index is -0.676. The summed E-state index contributed by atoms with van der Waals surface area (Å²) >= 11 is 0. The van der Waals surface area contributed by atoms with E-state index < -0.39 is 6.10 Å². The van der Waals surface area contributed by atoms with E-state index in [-0.39, 0.29) is 11.7 Å². The monoisotopic (exact) mass is 433 g/mol. The molecule has 6 heteroatoms. The van der Waals surface area contributed by atoms with Crippen molar-refractivity contribution in [1.82, 2.24) is 4.90 Å². The summed E-state index contributed by atoms with van der Waals surface area (Å²) in [5.41, 5.74) is 4.18. The molecule has 1 amide bonds. The Labute approximate surface area is 190 Å². The van der Waals surface area contributed by atoms with E-state index in [1.165, 1.54) is 12.8 Å². The number of aryl methyl sites for hydroxylation is 1. The lowest BCUT2D eigenvalue weighted by atomic mass is 9.94. The van der Waals surface area contributed by atoms with E-state index in [2.05, 4.69) is 22.5 Å². The van der Waals surface area contributed by atoms with Gasteiger partial charge in [0.25, 0.3) is 5.91 Å². The lowest BCUT2D eigenvalue weighted by Gasteiger charge is -2.27. The van der Waals surface area contributed by atoms with Crippen LogP contribution < -0.4 is 15.4 Å². The van der Waals surface area contributed by atoms with Crippen LogP contribution >= 0.6 is 0 Å². The SMILES string of the molecule is Cc1ccc2c(c1)NCC(C(=O)Nc1cc(O)c(C3CCCC3)cc1C#CCN(C)C)O2. The van der Waals surface area contributed by atoms with Crippen LogP contribution in [0.25, 0.3) is 0 Å². The van der Waals surface area contributed by atoms with Gasteiger partial charge in [-0.05, 0) is 69.1 Å². The first-order valence-corrected chi connectivity index (χ1v) is 11.2. The van der Waals surface area contributed by atoms with Crippen molar-refractivity contribution in [1.29, 1.82) is 0 Å². The Balaban J connectivity index is 1.57. The van der Waals surface area contributed by atoms with Gasteiger partial charge in [-0.25, -0.2) is 0 Å². The highest BCUT2D eigenvalue weighted by Gasteiger charge is 2.27. The van der Waals surface area contributed by atoms with Gasteiger partial charge in [-0.1, -0.05) is 30.7 Å². The van der Waals surface area contributed by atoms with Crippen LogP contribution in [0.4, 0.5) is 11.4 Å². The molecule has 2 aliphatic rings. The van der Waals surface area contributed by atoms with Crippen LogP contribution in [0.1, 0.15) is 48.3 Å². The molecule has 1 aliphatic carbocycles. The third kappa shape index (κ3) is 5.00. The number of phenols is 1. The fourth-order valence-electron chi connectivity index (χ4n) is 4.31. The van der Waals surface area contributed by atoms with Crippen LogP contribution in [0.15, 0.2) is 30.3 Å². The molecule has 1 unspecified atom stereocenters. The maximum atomic E-state index is 13.0. The molecule has 3 N–H and O–H groups in total. The number of benzene rings is 2. The summed E-state index contributed by atoms with van der Waals surface area (Å²) in [7, 11) is 3.93. The lowest BCUT2D eigenvalue weighted by Crippen LogP contribution is -2.41. The minimum Gasteiger partial charge on any atom is -0.508 e. The summed E-state index contributed by atoms with van der Waals surface area (Å²) in [6.45, 7) is 3.00. The van der Waals surface area contributed by atoms with Crippen molar-refractivity contribution in [3.05, 3.63) is 47.0 Å². The summed E-state index contributed by atoms with van der Waals surface area (Å²) in [6, 6.07) is 9.42. The predicted octanol–water partition coefficient (Wildman–Crippen LogP) is 4.08. The molecule has 1 fully saturated rings. The van der Waals surface area contributed by atoms with Crippen LogP contribution in [0, 0.1) is 18.8 Å². The van der Waals surface area contributed by atoms with E-state index in [1.54, 1.807) is 6.07 Å². The number of hydrogen-bond donors (Lipinski definition) is 3. The third-order valence-electron chi connectivity index (χ3n) is 6.01.